The number of phenols is 1. The highest BCUT2D eigenvalue weighted by atomic mass is 32.2. The first-order valence-corrected chi connectivity index (χ1v) is 22.5. The average Bonchev–Trinajstić information content (AvgIpc) is 3.32. The molecule has 4 heterocycles. The van der Waals surface area contributed by atoms with Crippen molar-refractivity contribution in [3.05, 3.63) is 128 Å². The molecule has 0 fully saturated rings. The van der Waals surface area contributed by atoms with Crippen molar-refractivity contribution in [1.82, 2.24) is 24.7 Å². The summed E-state index contributed by atoms with van der Waals surface area (Å²) in [5.41, 5.74) is 3.55. The highest BCUT2D eigenvalue weighted by molar-refractivity contribution is 7.88. The van der Waals surface area contributed by atoms with Crippen molar-refractivity contribution < 1.29 is 64.5 Å². The summed E-state index contributed by atoms with van der Waals surface area (Å²) in [4.78, 5) is 77.7. The third-order valence-electron chi connectivity index (χ3n) is 11.5. The summed E-state index contributed by atoms with van der Waals surface area (Å²) < 4.78 is 62.6. The number of carbonyl (C=O) groups excluding carboxylic acids is 6. The molecule has 0 aromatic heterocycles. The Morgan fingerprint density at radius 3 is 1.42 bits per heavy atom. The van der Waals surface area contributed by atoms with Crippen molar-refractivity contribution in [2.75, 3.05) is 40.3 Å². The molecular formula is C45H44B4F3N5O11S. The van der Waals surface area contributed by atoms with Crippen molar-refractivity contribution >= 4 is 76.9 Å². The Labute approximate surface area is 402 Å². The number of hydrogen-bond acceptors (Lipinski definition) is 11. The Balaban J connectivity index is 0.000000174. The molecule has 0 atom stereocenters. The maximum atomic E-state index is 12.2. The fourth-order valence-corrected chi connectivity index (χ4v) is 8.10. The van der Waals surface area contributed by atoms with Crippen molar-refractivity contribution in [2.24, 2.45) is 0 Å². The number of hydroxylamine groups is 2. The molecule has 0 spiro atoms. The average molecular weight is 963 g/mol. The third kappa shape index (κ3) is 14.3. The zero-order valence-electron chi connectivity index (χ0n) is 37.6. The smallest absolute Gasteiger partial charge is 0.508 e. The number of halogens is 3. The van der Waals surface area contributed by atoms with Gasteiger partial charge in [0.15, 0.2) is 23.2 Å². The minimum absolute atomic E-state index is 0.192. The van der Waals surface area contributed by atoms with Gasteiger partial charge in [-0.3, -0.25) is 33.6 Å². The molecule has 4 aromatic carbocycles. The van der Waals surface area contributed by atoms with E-state index in [9.17, 15) is 55.5 Å². The predicted molar refractivity (Wildman–Crippen MR) is 249 cm³/mol. The topological polar surface area (TPSA) is 191 Å². The summed E-state index contributed by atoms with van der Waals surface area (Å²) in [6.45, 7) is 3.96. The van der Waals surface area contributed by atoms with Gasteiger partial charge in [-0.15, -0.1) is 0 Å². The van der Waals surface area contributed by atoms with Crippen LogP contribution in [0.3, 0.4) is 0 Å². The molecular weight excluding hydrogens is 919 g/mol. The van der Waals surface area contributed by atoms with Crippen LogP contribution in [-0.2, 0) is 66.8 Å². The molecule has 4 aliphatic rings. The van der Waals surface area contributed by atoms with E-state index in [0.29, 0.717) is 80.9 Å². The summed E-state index contributed by atoms with van der Waals surface area (Å²) in [6, 6.07) is 19.9. The molecule has 0 saturated carbocycles. The van der Waals surface area contributed by atoms with Gasteiger partial charge in [-0.25, -0.2) is 5.06 Å². The number of aromatic hydroxyl groups is 1. The van der Waals surface area contributed by atoms with Gasteiger partial charge in [-0.1, -0.05) is 30.3 Å². The van der Waals surface area contributed by atoms with Crippen LogP contribution >= 0.6 is 0 Å². The lowest BCUT2D eigenvalue weighted by molar-refractivity contribution is -0.0757. The molecule has 1 N–H and O–H groups in total. The minimum Gasteiger partial charge on any atom is -0.508 e. The van der Waals surface area contributed by atoms with E-state index in [1.807, 2.05) is 30.3 Å². The first-order valence-electron chi connectivity index (χ1n) is 21.1. The molecule has 16 nitrogen and oxygen atoms in total. The number of phenolic OH excluding ortho intramolecular Hbond substituents is 1. The van der Waals surface area contributed by atoms with Crippen LogP contribution in [0.2, 0.25) is 0 Å². The maximum absolute atomic E-state index is 12.2. The van der Waals surface area contributed by atoms with E-state index in [4.69, 9.17) is 36.2 Å². The van der Waals surface area contributed by atoms with Gasteiger partial charge >= 0.3 is 15.6 Å². The van der Waals surface area contributed by atoms with Gasteiger partial charge in [0.05, 0.1) is 7.11 Å². The van der Waals surface area contributed by atoms with Crippen LogP contribution in [0.5, 0.6) is 11.5 Å². The van der Waals surface area contributed by atoms with Crippen LogP contribution in [-0.4, -0.2) is 151 Å². The van der Waals surface area contributed by atoms with Crippen LogP contribution in [0.15, 0.2) is 72.8 Å². The summed E-state index contributed by atoms with van der Waals surface area (Å²) in [5, 5.41) is 10.4. The van der Waals surface area contributed by atoms with Crippen LogP contribution in [0, 0.1) is 0 Å². The summed E-state index contributed by atoms with van der Waals surface area (Å²) in [5.74, 6) is -2.12. The number of amides is 5. The zero-order chi connectivity index (χ0) is 50.8. The van der Waals surface area contributed by atoms with Gasteiger partial charge in [0.25, 0.3) is 5.91 Å². The Hall–Kier alpha value is -6.54. The molecule has 8 rings (SSSR count). The molecule has 0 unspecified atom stereocenters. The van der Waals surface area contributed by atoms with Gasteiger partial charge < -0.3 is 28.9 Å². The maximum Gasteiger partial charge on any atom is 0.534 e. The Morgan fingerprint density at radius 1 is 0.609 bits per heavy atom. The standard InChI is InChI=1S/C13H15BN2O3.C11H9BF3NO4S.C11H10BNO2.C10H10BNO2/c1-15(19-2)12(17)10-3-4-11-8-16(13(14)18)6-5-9(11)7-10;12-10(17)16-4-3-7-5-9(2-1-8(7)6-16)20-21(18,19)11(13,14)15;12-11(15)13-4-3-9-5-8(7-14)1-2-10(9)6-13;11-10(14)12-4-3-7-5-9(13)2-1-8(7)6-12/h3-4,7H,5-6,8H2,1-2H3;1-2,5H,3-4,6H2;1-2,5,7H,3-4,6H2;1-2,5,13H,3-4,6H2. The number of hydrogen-bond donors (Lipinski definition) is 1. The fourth-order valence-electron chi connectivity index (χ4n) is 7.64. The molecule has 5 amide bonds. The number of carbonyl (C=O) groups is 6. The first-order chi connectivity index (χ1) is 32.5. The highest BCUT2D eigenvalue weighted by Crippen LogP contribution is 2.30. The molecule has 354 valence electrons. The number of alkyl halides is 3. The van der Waals surface area contributed by atoms with Crippen molar-refractivity contribution in [3.8, 4) is 11.5 Å². The highest BCUT2D eigenvalue weighted by Gasteiger charge is 2.48. The largest absolute Gasteiger partial charge is 0.534 e. The zero-order valence-corrected chi connectivity index (χ0v) is 38.4. The SMILES string of the molecule is [B]C(=O)N1CCc2cc(C(=O)N(C)OC)ccc2C1.[B]C(=O)N1CCc2cc(C=O)ccc2C1.[B]C(=O)N1CCc2cc(O)ccc2C1.[B]C(=O)N1CCc2cc(OS(=O)(=O)C(F)(F)F)ccc2C1. The quantitative estimate of drug-likeness (QED) is 0.0959. The molecule has 8 radical (unpaired) electrons. The van der Waals surface area contributed by atoms with Gasteiger partial charge in [-0.05, 0) is 113 Å². The number of aldehydes is 1. The van der Waals surface area contributed by atoms with Gasteiger partial charge in [0.2, 0.25) is 31.4 Å². The van der Waals surface area contributed by atoms with E-state index in [1.165, 1.54) is 29.2 Å². The Morgan fingerprint density at radius 2 is 1.00 bits per heavy atom. The predicted octanol–water partition coefficient (Wildman–Crippen LogP) is 4.71. The first kappa shape index (κ1) is 53.4. The molecule has 4 aliphatic heterocycles. The lowest BCUT2D eigenvalue weighted by atomic mass is 9.95. The van der Waals surface area contributed by atoms with Gasteiger partial charge in [0, 0.05) is 70.5 Å². The fraction of sp³-hybridized carbons (Fsp3) is 0.333. The Kier molecular flexibility index (Phi) is 17.9. The van der Waals surface area contributed by atoms with Gasteiger partial charge in [0.1, 0.15) is 17.8 Å². The third-order valence-corrected chi connectivity index (χ3v) is 12.5. The van der Waals surface area contributed by atoms with Crippen LogP contribution in [0.25, 0.3) is 0 Å². The summed E-state index contributed by atoms with van der Waals surface area (Å²) in [7, 11) is 18.1. The van der Waals surface area contributed by atoms with Crippen molar-refractivity contribution in [2.45, 2.75) is 57.4 Å². The second kappa shape index (κ2) is 23.2. The molecule has 0 bridgehead atoms. The molecule has 0 aliphatic carbocycles. The van der Waals surface area contributed by atoms with Gasteiger partial charge in [-0.2, -0.15) is 21.6 Å². The molecule has 69 heavy (non-hydrogen) atoms. The summed E-state index contributed by atoms with van der Waals surface area (Å²) in [6.07, 6.45) is 3.41. The van der Waals surface area contributed by atoms with E-state index in [2.05, 4.69) is 4.18 Å². The number of benzene rings is 4. The lowest BCUT2D eigenvalue weighted by Gasteiger charge is -2.28. The molecule has 4 aromatic rings. The normalized spacial score (nSPS) is 14.7. The second-order valence-corrected chi connectivity index (χ2v) is 17.6. The Bertz CT molecular complexity index is 2720. The van der Waals surface area contributed by atoms with E-state index in [-0.39, 0.29) is 29.8 Å². The van der Waals surface area contributed by atoms with Crippen LogP contribution in [0.1, 0.15) is 65.2 Å². The van der Waals surface area contributed by atoms with E-state index in [0.717, 1.165) is 58.6 Å². The second-order valence-electron chi connectivity index (χ2n) is 16.0. The molecule has 24 heteroatoms. The lowest BCUT2D eigenvalue weighted by Crippen LogP contribution is -2.35. The van der Waals surface area contributed by atoms with Crippen LogP contribution in [0.4, 0.5) is 32.3 Å². The summed E-state index contributed by atoms with van der Waals surface area (Å²) >= 11 is 0. The van der Waals surface area contributed by atoms with Crippen molar-refractivity contribution in [1.29, 1.82) is 0 Å². The number of fused-ring (bicyclic) bond motifs is 4. The number of nitrogens with zero attached hydrogens (tertiary/aromatic N) is 5. The molecule has 0 saturated heterocycles. The van der Waals surface area contributed by atoms with Crippen LogP contribution < -0.4 is 4.18 Å². The van der Waals surface area contributed by atoms with E-state index >= 15 is 0 Å². The minimum atomic E-state index is -5.69. The van der Waals surface area contributed by atoms with Crippen molar-refractivity contribution in [3.63, 3.8) is 0 Å². The number of rotatable bonds is 5. The van der Waals surface area contributed by atoms with E-state index in [1.54, 1.807) is 46.0 Å². The monoisotopic (exact) mass is 963 g/mol. The van der Waals surface area contributed by atoms with E-state index < -0.39 is 33.0 Å².